The van der Waals surface area contributed by atoms with Gasteiger partial charge in [-0.2, -0.15) is 0 Å². The molecule has 7 heteroatoms. The molecule has 0 spiro atoms. The molecule has 1 aliphatic heterocycles. The van der Waals surface area contributed by atoms with Gasteiger partial charge in [-0.1, -0.05) is 60.7 Å². The van der Waals surface area contributed by atoms with E-state index in [1.807, 2.05) is 60.7 Å². The van der Waals surface area contributed by atoms with E-state index in [9.17, 15) is 19.5 Å². The normalized spacial score (nSPS) is 17.0. The summed E-state index contributed by atoms with van der Waals surface area (Å²) in [5.41, 5.74) is 2.07. The number of amides is 4. The predicted octanol–water partition coefficient (Wildman–Crippen LogP) is 1.65. The van der Waals surface area contributed by atoms with Crippen LogP contribution in [0, 0.1) is 0 Å². The summed E-state index contributed by atoms with van der Waals surface area (Å²) in [4.78, 5) is 38.2. The molecule has 2 atom stereocenters. The van der Waals surface area contributed by atoms with Crippen LogP contribution in [0.5, 0.6) is 0 Å². The lowest BCUT2D eigenvalue weighted by Crippen LogP contribution is -2.40. The molecule has 0 radical (unpaired) electrons. The van der Waals surface area contributed by atoms with E-state index in [1.54, 1.807) is 0 Å². The quantitative estimate of drug-likeness (QED) is 0.520. The van der Waals surface area contributed by atoms with Gasteiger partial charge in [-0.3, -0.25) is 14.5 Å². The standard InChI is InChI=1S/C23H27N3O4/c27-16-19(15-18-9-5-2-6-10-18)24-21(28)12-11-20-22(29)26(23(30)25-20)14-13-17-7-3-1-4-8-17/h1-10,19-20,27H,11-16H2,(H,24,28)(H,25,30)/t19-,20?/m0/s1. The fourth-order valence-corrected chi connectivity index (χ4v) is 3.50. The minimum atomic E-state index is -0.694. The molecule has 30 heavy (non-hydrogen) atoms. The molecule has 0 aromatic heterocycles. The lowest BCUT2D eigenvalue weighted by molar-refractivity contribution is -0.127. The molecule has 2 aromatic carbocycles. The second-order valence-corrected chi connectivity index (χ2v) is 7.40. The summed E-state index contributed by atoms with van der Waals surface area (Å²) in [6.45, 7) is 0.133. The molecule has 1 heterocycles. The van der Waals surface area contributed by atoms with E-state index in [1.165, 1.54) is 4.90 Å². The van der Waals surface area contributed by atoms with Crippen molar-refractivity contribution in [3.8, 4) is 0 Å². The maximum Gasteiger partial charge on any atom is 0.324 e. The summed E-state index contributed by atoms with van der Waals surface area (Å²) >= 11 is 0. The van der Waals surface area contributed by atoms with E-state index < -0.39 is 18.1 Å². The summed E-state index contributed by atoms with van der Waals surface area (Å²) in [6, 6.07) is 17.7. The fourth-order valence-electron chi connectivity index (χ4n) is 3.50. The number of rotatable bonds is 10. The first-order valence-corrected chi connectivity index (χ1v) is 10.2. The molecule has 1 unspecified atom stereocenters. The highest BCUT2D eigenvalue weighted by Gasteiger charge is 2.37. The van der Waals surface area contributed by atoms with Gasteiger partial charge in [-0.15, -0.1) is 0 Å². The molecule has 3 N–H and O–H groups in total. The summed E-state index contributed by atoms with van der Waals surface area (Å²) in [5.74, 6) is -0.554. The molecule has 0 aliphatic carbocycles. The monoisotopic (exact) mass is 409 g/mol. The van der Waals surface area contributed by atoms with Crippen molar-refractivity contribution in [2.75, 3.05) is 13.2 Å². The van der Waals surface area contributed by atoms with Crippen LogP contribution >= 0.6 is 0 Å². The summed E-state index contributed by atoms with van der Waals surface area (Å²) in [7, 11) is 0. The van der Waals surface area contributed by atoms with E-state index in [4.69, 9.17) is 0 Å². The van der Waals surface area contributed by atoms with Crippen molar-refractivity contribution in [1.82, 2.24) is 15.5 Å². The number of aliphatic hydroxyl groups excluding tert-OH is 1. The van der Waals surface area contributed by atoms with Crippen LogP contribution in [-0.4, -0.2) is 53.1 Å². The van der Waals surface area contributed by atoms with E-state index in [0.717, 1.165) is 11.1 Å². The highest BCUT2D eigenvalue weighted by Crippen LogP contribution is 2.13. The molecule has 158 valence electrons. The van der Waals surface area contributed by atoms with Gasteiger partial charge < -0.3 is 15.7 Å². The Kier molecular flexibility index (Phi) is 7.57. The van der Waals surface area contributed by atoms with Crippen LogP contribution in [0.4, 0.5) is 4.79 Å². The van der Waals surface area contributed by atoms with Crippen LogP contribution in [0.1, 0.15) is 24.0 Å². The highest BCUT2D eigenvalue weighted by molar-refractivity contribution is 6.04. The number of benzene rings is 2. The highest BCUT2D eigenvalue weighted by atomic mass is 16.3. The zero-order chi connectivity index (χ0) is 21.3. The van der Waals surface area contributed by atoms with Gasteiger partial charge >= 0.3 is 6.03 Å². The van der Waals surface area contributed by atoms with Gasteiger partial charge in [0.15, 0.2) is 0 Å². The lowest BCUT2D eigenvalue weighted by atomic mass is 10.1. The third-order valence-electron chi connectivity index (χ3n) is 5.14. The van der Waals surface area contributed by atoms with Crippen LogP contribution in [0.2, 0.25) is 0 Å². The fraction of sp³-hybridized carbons (Fsp3) is 0.348. The van der Waals surface area contributed by atoms with Gasteiger partial charge in [0.05, 0.1) is 12.6 Å². The minimum Gasteiger partial charge on any atom is -0.394 e. The van der Waals surface area contributed by atoms with E-state index in [2.05, 4.69) is 10.6 Å². The molecule has 7 nitrogen and oxygen atoms in total. The summed E-state index contributed by atoms with van der Waals surface area (Å²) in [6.07, 6.45) is 1.43. The lowest BCUT2D eigenvalue weighted by Gasteiger charge is -2.17. The topological polar surface area (TPSA) is 98.7 Å². The first-order chi connectivity index (χ1) is 14.6. The van der Waals surface area contributed by atoms with E-state index >= 15 is 0 Å². The second kappa shape index (κ2) is 10.5. The van der Waals surface area contributed by atoms with Gasteiger partial charge in [0, 0.05) is 13.0 Å². The number of nitrogens with one attached hydrogen (secondary N) is 2. The Morgan fingerprint density at radius 2 is 1.67 bits per heavy atom. The van der Waals surface area contributed by atoms with Crippen LogP contribution in [0.25, 0.3) is 0 Å². The first-order valence-electron chi connectivity index (χ1n) is 10.2. The minimum absolute atomic E-state index is 0.0918. The number of nitrogens with zero attached hydrogens (tertiary/aromatic N) is 1. The summed E-state index contributed by atoms with van der Waals surface area (Å²) < 4.78 is 0. The number of hydrogen-bond donors (Lipinski definition) is 3. The Bertz CT molecular complexity index is 857. The van der Waals surface area contributed by atoms with Crippen molar-refractivity contribution in [1.29, 1.82) is 0 Å². The molecule has 0 saturated carbocycles. The van der Waals surface area contributed by atoms with Crippen LogP contribution in [0.3, 0.4) is 0 Å². The predicted molar refractivity (Wildman–Crippen MR) is 113 cm³/mol. The number of carbonyl (C=O) groups is 3. The van der Waals surface area contributed by atoms with Gasteiger partial charge in [-0.05, 0) is 30.4 Å². The van der Waals surface area contributed by atoms with E-state index in [0.29, 0.717) is 19.4 Å². The first kappa shape index (κ1) is 21.5. The van der Waals surface area contributed by atoms with Crippen molar-refractivity contribution in [3.63, 3.8) is 0 Å². The number of imide groups is 1. The molecule has 3 rings (SSSR count). The molecule has 1 fully saturated rings. The number of hydrogen-bond acceptors (Lipinski definition) is 4. The molecular weight excluding hydrogens is 382 g/mol. The van der Waals surface area contributed by atoms with Crippen molar-refractivity contribution in [2.45, 2.75) is 37.8 Å². The molecule has 2 aromatic rings. The van der Waals surface area contributed by atoms with Crippen molar-refractivity contribution in [3.05, 3.63) is 71.8 Å². The zero-order valence-electron chi connectivity index (χ0n) is 16.8. The van der Waals surface area contributed by atoms with Crippen LogP contribution < -0.4 is 10.6 Å². The third kappa shape index (κ3) is 5.90. The van der Waals surface area contributed by atoms with Crippen molar-refractivity contribution in [2.24, 2.45) is 0 Å². The van der Waals surface area contributed by atoms with Crippen LogP contribution in [0.15, 0.2) is 60.7 Å². The number of carbonyl (C=O) groups excluding carboxylic acids is 3. The SMILES string of the molecule is O=C(CCC1NC(=O)N(CCc2ccccc2)C1=O)N[C@H](CO)Cc1ccccc1. The van der Waals surface area contributed by atoms with Gasteiger partial charge in [0.2, 0.25) is 5.91 Å². The van der Waals surface area contributed by atoms with Crippen molar-refractivity contribution < 1.29 is 19.5 Å². The molecule has 1 saturated heterocycles. The van der Waals surface area contributed by atoms with Gasteiger partial charge in [-0.25, -0.2) is 4.79 Å². The largest absolute Gasteiger partial charge is 0.394 e. The Labute approximate surface area is 176 Å². The average molecular weight is 409 g/mol. The van der Waals surface area contributed by atoms with Crippen molar-refractivity contribution >= 4 is 17.8 Å². The number of urea groups is 1. The zero-order valence-corrected chi connectivity index (χ0v) is 16.8. The molecule has 0 bridgehead atoms. The third-order valence-corrected chi connectivity index (χ3v) is 5.14. The maximum atomic E-state index is 12.5. The maximum absolute atomic E-state index is 12.5. The van der Waals surface area contributed by atoms with Crippen LogP contribution in [-0.2, 0) is 22.4 Å². The molecule has 1 aliphatic rings. The summed E-state index contributed by atoms with van der Waals surface area (Å²) in [5, 5.41) is 15.0. The van der Waals surface area contributed by atoms with Gasteiger partial charge in [0.25, 0.3) is 5.91 Å². The average Bonchev–Trinajstić information content (AvgIpc) is 3.04. The smallest absolute Gasteiger partial charge is 0.324 e. The Hall–Kier alpha value is -3.19. The Balaban J connectivity index is 1.45. The number of aliphatic hydroxyl groups is 1. The molecular formula is C23H27N3O4. The molecule has 4 amide bonds. The Morgan fingerprint density at radius 3 is 2.30 bits per heavy atom. The Morgan fingerprint density at radius 1 is 1.03 bits per heavy atom. The second-order valence-electron chi connectivity index (χ2n) is 7.40. The van der Waals surface area contributed by atoms with E-state index in [-0.39, 0.29) is 31.3 Å². The van der Waals surface area contributed by atoms with Gasteiger partial charge in [0.1, 0.15) is 6.04 Å².